The highest BCUT2D eigenvalue weighted by atomic mass is 79.9. The van der Waals surface area contributed by atoms with E-state index in [2.05, 4.69) is 15.9 Å². The number of ether oxygens (including phenoxy) is 2. The number of aromatic hydroxyl groups is 1. The molecule has 0 radical (unpaired) electrons. The minimum Gasteiger partial charge on any atom is -0.502 e. The Morgan fingerprint density at radius 2 is 1.80 bits per heavy atom. The van der Waals surface area contributed by atoms with Gasteiger partial charge in [0.1, 0.15) is 0 Å². The van der Waals surface area contributed by atoms with Gasteiger partial charge in [0.2, 0.25) is 5.75 Å². The Balaban J connectivity index is 3.26. The van der Waals surface area contributed by atoms with E-state index in [0.717, 1.165) is 0 Å². The molecule has 5 heteroatoms. The Morgan fingerprint density at radius 1 is 1.33 bits per heavy atom. The molecule has 82 valence electrons. The molecule has 0 bridgehead atoms. The lowest BCUT2D eigenvalue weighted by atomic mass is 10.1. The molecule has 0 unspecified atom stereocenters. The smallest absolute Gasteiger partial charge is 0.200 e. The lowest BCUT2D eigenvalue weighted by Crippen LogP contribution is -2.01. The van der Waals surface area contributed by atoms with Crippen molar-refractivity contribution in [1.82, 2.24) is 0 Å². The summed E-state index contributed by atoms with van der Waals surface area (Å²) in [7, 11) is 2.83. The van der Waals surface area contributed by atoms with Crippen LogP contribution in [0.4, 0.5) is 0 Å². The van der Waals surface area contributed by atoms with Crippen molar-refractivity contribution < 1.29 is 19.4 Å². The van der Waals surface area contributed by atoms with Crippen molar-refractivity contribution in [3.05, 3.63) is 17.7 Å². The van der Waals surface area contributed by atoms with Crippen LogP contribution in [0, 0.1) is 0 Å². The summed E-state index contributed by atoms with van der Waals surface area (Å²) in [5.74, 6) is 0.232. The zero-order valence-electron chi connectivity index (χ0n) is 8.41. The zero-order chi connectivity index (χ0) is 11.4. The first-order valence-corrected chi connectivity index (χ1v) is 5.30. The van der Waals surface area contributed by atoms with E-state index in [-0.39, 0.29) is 28.4 Å². The highest BCUT2D eigenvalue weighted by Crippen LogP contribution is 2.37. The second-order valence-corrected chi connectivity index (χ2v) is 3.35. The number of benzene rings is 1. The average Bonchev–Trinajstić information content (AvgIpc) is 2.28. The molecular formula is C10H11BrO4. The first-order valence-electron chi connectivity index (χ1n) is 4.18. The zero-order valence-corrected chi connectivity index (χ0v) is 10.00. The minimum absolute atomic E-state index is 0.105. The van der Waals surface area contributed by atoms with Crippen LogP contribution in [-0.2, 0) is 0 Å². The fourth-order valence-corrected chi connectivity index (χ4v) is 1.46. The van der Waals surface area contributed by atoms with Crippen LogP contribution in [0.5, 0.6) is 17.2 Å². The molecule has 1 aromatic rings. The van der Waals surface area contributed by atoms with E-state index in [1.165, 1.54) is 26.4 Å². The first kappa shape index (κ1) is 11.8. The van der Waals surface area contributed by atoms with Gasteiger partial charge in [0, 0.05) is 5.56 Å². The van der Waals surface area contributed by atoms with Gasteiger partial charge in [-0.2, -0.15) is 0 Å². The second-order valence-electron chi connectivity index (χ2n) is 2.79. The Hall–Kier alpha value is -1.23. The summed E-state index contributed by atoms with van der Waals surface area (Å²) in [6, 6.07) is 2.95. The molecule has 0 fully saturated rings. The number of carbonyl (C=O) groups is 1. The number of rotatable bonds is 4. The van der Waals surface area contributed by atoms with Crippen molar-refractivity contribution in [3.8, 4) is 17.2 Å². The summed E-state index contributed by atoms with van der Waals surface area (Å²) in [4.78, 5) is 11.4. The van der Waals surface area contributed by atoms with E-state index >= 15 is 0 Å². The third kappa shape index (κ3) is 2.41. The number of hydrogen-bond donors (Lipinski definition) is 1. The largest absolute Gasteiger partial charge is 0.502 e. The average molecular weight is 275 g/mol. The molecule has 1 aromatic carbocycles. The van der Waals surface area contributed by atoms with Gasteiger partial charge < -0.3 is 14.6 Å². The number of carbonyl (C=O) groups excluding carboxylic acids is 1. The number of alkyl halides is 1. The molecule has 1 rings (SSSR count). The number of ketones is 1. The topological polar surface area (TPSA) is 55.8 Å². The predicted molar refractivity (Wildman–Crippen MR) is 59.3 cm³/mol. The van der Waals surface area contributed by atoms with Crippen LogP contribution in [0.25, 0.3) is 0 Å². The lowest BCUT2D eigenvalue weighted by molar-refractivity contribution is 0.102. The molecule has 0 amide bonds. The SMILES string of the molecule is COc1cc(C(=O)CBr)cc(OC)c1O. The quantitative estimate of drug-likeness (QED) is 0.674. The molecule has 0 aliphatic heterocycles. The molecule has 0 heterocycles. The maximum atomic E-state index is 11.4. The van der Waals surface area contributed by atoms with E-state index in [1.54, 1.807) is 0 Å². The number of phenolic OH excluding ortho intramolecular Hbond substituents is 1. The van der Waals surface area contributed by atoms with Gasteiger partial charge in [-0.3, -0.25) is 4.79 Å². The third-order valence-electron chi connectivity index (χ3n) is 1.92. The molecule has 0 atom stereocenters. The summed E-state index contributed by atoms with van der Waals surface area (Å²) in [5, 5.41) is 9.81. The maximum Gasteiger partial charge on any atom is 0.200 e. The van der Waals surface area contributed by atoms with Crippen molar-refractivity contribution in [3.63, 3.8) is 0 Å². The summed E-state index contributed by atoms with van der Waals surface area (Å²) in [5.41, 5.74) is 0.429. The fourth-order valence-electron chi connectivity index (χ4n) is 1.13. The predicted octanol–water partition coefficient (Wildman–Crippen LogP) is 1.99. The van der Waals surface area contributed by atoms with Crippen molar-refractivity contribution >= 4 is 21.7 Å². The van der Waals surface area contributed by atoms with E-state index in [1.807, 2.05) is 0 Å². The minimum atomic E-state index is -0.105. The van der Waals surface area contributed by atoms with Gasteiger partial charge in [-0.25, -0.2) is 0 Å². The van der Waals surface area contributed by atoms with Crippen LogP contribution in [0.3, 0.4) is 0 Å². The molecule has 0 aliphatic rings. The molecule has 0 saturated heterocycles. The molecule has 0 spiro atoms. The van der Waals surface area contributed by atoms with Gasteiger partial charge in [-0.15, -0.1) is 0 Å². The number of halogens is 1. The van der Waals surface area contributed by atoms with Crippen LogP contribution < -0.4 is 9.47 Å². The number of phenols is 1. The number of hydrogen-bond acceptors (Lipinski definition) is 4. The summed E-state index contributed by atoms with van der Waals surface area (Å²) >= 11 is 3.07. The van der Waals surface area contributed by atoms with Crippen LogP contribution >= 0.6 is 15.9 Å². The van der Waals surface area contributed by atoms with Crippen molar-refractivity contribution in [2.75, 3.05) is 19.5 Å². The summed E-state index contributed by atoms with van der Waals surface area (Å²) in [6.07, 6.45) is 0. The Labute approximate surface area is 95.9 Å². The second kappa shape index (κ2) is 5.02. The highest BCUT2D eigenvalue weighted by molar-refractivity contribution is 9.09. The first-order chi connectivity index (χ1) is 7.13. The molecule has 0 aromatic heterocycles. The van der Waals surface area contributed by atoms with Crippen molar-refractivity contribution in [2.45, 2.75) is 0 Å². The Kier molecular flexibility index (Phi) is 3.96. The van der Waals surface area contributed by atoms with Gasteiger partial charge in [0.05, 0.1) is 19.5 Å². The molecule has 15 heavy (non-hydrogen) atoms. The standard InChI is InChI=1S/C10H11BrO4/c1-14-8-3-6(7(12)5-11)4-9(15-2)10(8)13/h3-4,13H,5H2,1-2H3. The van der Waals surface area contributed by atoms with Gasteiger partial charge in [-0.1, -0.05) is 15.9 Å². The maximum absolute atomic E-state index is 11.4. The molecule has 1 N–H and O–H groups in total. The summed E-state index contributed by atoms with van der Waals surface area (Å²) < 4.78 is 9.85. The Morgan fingerprint density at radius 3 is 2.13 bits per heavy atom. The highest BCUT2D eigenvalue weighted by Gasteiger charge is 2.14. The summed E-state index contributed by atoms with van der Waals surface area (Å²) in [6.45, 7) is 0. The molecule has 0 aliphatic carbocycles. The molecule has 4 nitrogen and oxygen atoms in total. The number of methoxy groups -OCH3 is 2. The van der Waals surface area contributed by atoms with Crippen molar-refractivity contribution in [2.24, 2.45) is 0 Å². The van der Waals surface area contributed by atoms with E-state index in [9.17, 15) is 9.90 Å². The van der Waals surface area contributed by atoms with E-state index in [4.69, 9.17) is 9.47 Å². The van der Waals surface area contributed by atoms with Crippen LogP contribution in [-0.4, -0.2) is 30.4 Å². The van der Waals surface area contributed by atoms with Gasteiger partial charge in [0.25, 0.3) is 0 Å². The monoisotopic (exact) mass is 274 g/mol. The third-order valence-corrected chi connectivity index (χ3v) is 2.43. The molecular weight excluding hydrogens is 264 g/mol. The van der Waals surface area contributed by atoms with Gasteiger partial charge in [0.15, 0.2) is 17.3 Å². The molecule has 0 saturated carbocycles. The number of Topliss-reactive ketones (excluding diaryl/α,β-unsaturated/α-hetero) is 1. The van der Waals surface area contributed by atoms with E-state index in [0.29, 0.717) is 5.56 Å². The Bertz CT molecular complexity index is 351. The van der Waals surface area contributed by atoms with Crippen LogP contribution in [0.15, 0.2) is 12.1 Å². The fraction of sp³-hybridized carbons (Fsp3) is 0.300. The van der Waals surface area contributed by atoms with E-state index < -0.39 is 0 Å². The van der Waals surface area contributed by atoms with Crippen LogP contribution in [0.1, 0.15) is 10.4 Å². The van der Waals surface area contributed by atoms with Gasteiger partial charge in [-0.05, 0) is 12.1 Å². The van der Waals surface area contributed by atoms with Crippen LogP contribution in [0.2, 0.25) is 0 Å². The normalized spacial score (nSPS) is 9.80. The van der Waals surface area contributed by atoms with Crippen molar-refractivity contribution in [1.29, 1.82) is 0 Å². The lowest BCUT2D eigenvalue weighted by Gasteiger charge is -2.09. The van der Waals surface area contributed by atoms with Gasteiger partial charge >= 0.3 is 0 Å².